The largest absolute Gasteiger partial charge is 0.317 e. The molecule has 1 fully saturated rings. The van der Waals surface area contributed by atoms with Gasteiger partial charge in [0.15, 0.2) is 5.17 Å². The zero-order valence-corrected chi connectivity index (χ0v) is 18.8. The van der Waals surface area contributed by atoms with Crippen molar-refractivity contribution >= 4 is 66.5 Å². The highest BCUT2D eigenvalue weighted by atomic mass is 79.9. The minimum absolute atomic E-state index is 0.0529. The van der Waals surface area contributed by atoms with Crippen LogP contribution >= 0.6 is 43.6 Å². The molecule has 0 spiro atoms. The van der Waals surface area contributed by atoms with Gasteiger partial charge in [0.2, 0.25) is 0 Å². The maximum atomic E-state index is 12.7. The number of thioether (sulfide) groups is 1. The van der Waals surface area contributed by atoms with E-state index >= 15 is 0 Å². The molecule has 0 N–H and O–H groups in total. The van der Waals surface area contributed by atoms with Gasteiger partial charge in [-0.25, -0.2) is 4.99 Å². The van der Waals surface area contributed by atoms with E-state index in [4.69, 9.17) is 0 Å². The quantitative estimate of drug-likeness (QED) is 0.386. The van der Waals surface area contributed by atoms with E-state index in [-0.39, 0.29) is 5.91 Å². The van der Waals surface area contributed by atoms with E-state index in [1.807, 2.05) is 72.9 Å². The second-order valence-corrected chi connectivity index (χ2v) is 8.97. The normalized spacial score (nSPS) is 17.1. The van der Waals surface area contributed by atoms with Crippen molar-refractivity contribution in [2.45, 2.75) is 0 Å². The number of nitrogens with zero attached hydrogens (tertiary/aromatic N) is 3. The van der Waals surface area contributed by atoms with Crippen LogP contribution in [0.5, 0.6) is 0 Å². The predicted octanol–water partition coefficient (Wildman–Crippen LogP) is 6.24. The van der Waals surface area contributed by atoms with E-state index in [0.29, 0.717) is 10.1 Å². The van der Waals surface area contributed by atoms with Crippen LogP contribution in [-0.2, 0) is 4.79 Å². The van der Waals surface area contributed by atoms with E-state index < -0.39 is 0 Å². The molecule has 0 unspecified atom stereocenters. The Bertz CT molecular complexity index is 1100. The van der Waals surface area contributed by atoms with Crippen LogP contribution < -0.4 is 0 Å². The zero-order valence-electron chi connectivity index (χ0n) is 14.8. The van der Waals surface area contributed by atoms with Crippen molar-refractivity contribution in [1.82, 2.24) is 9.47 Å². The first-order valence-electron chi connectivity index (χ1n) is 8.46. The average molecular weight is 517 g/mol. The number of aliphatic imine (C=N–C) groups is 1. The van der Waals surface area contributed by atoms with Gasteiger partial charge in [-0.1, -0.05) is 37.9 Å². The molecule has 0 atom stereocenters. The number of aromatic nitrogens is 1. The summed E-state index contributed by atoms with van der Waals surface area (Å²) in [5, 5.41) is 0.666. The van der Waals surface area contributed by atoms with Crippen molar-refractivity contribution in [3.63, 3.8) is 0 Å². The number of carbonyl (C=O) groups is 1. The van der Waals surface area contributed by atoms with E-state index in [0.717, 1.165) is 26.0 Å². The minimum atomic E-state index is -0.0529. The number of carbonyl (C=O) groups excluding carboxylic acids is 1. The summed E-state index contributed by atoms with van der Waals surface area (Å²) >= 11 is 8.31. The molecule has 4 nitrogen and oxygen atoms in total. The fraction of sp³-hybridized carbons (Fsp3) is 0.0476. The van der Waals surface area contributed by atoms with Crippen molar-refractivity contribution in [3.8, 4) is 5.69 Å². The van der Waals surface area contributed by atoms with Crippen LogP contribution in [0.25, 0.3) is 11.8 Å². The van der Waals surface area contributed by atoms with Crippen molar-refractivity contribution in [1.29, 1.82) is 0 Å². The molecule has 7 heteroatoms. The molecule has 2 aromatic carbocycles. The number of hydrogen-bond acceptors (Lipinski definition) is 3. The molecule has 1 aliphatic rings. The van der Waals surface area contributed by atoms with Crippen molar-refractivity contribution in [2.75, 3.05) is 7.05 Å². The topological polar surface area (TPSA) is 37.6 Å². The van der Waals surface area contributed by atoms with Crippen molar-refractivity contribution in [3.05, 3.63) is 86.4 Å². The van der Waals surface area contributed by atoms with Crippen LogP contribution in [-0.4, -0.2) is 27.6 Å². The molecule has 0 bridgehead atoms. The first kappa shape index (κ1) is 19.2. The number of amidine groups is 1. The summed E-state index contributed by atoms with van der Waals surface area (Å²) in [6.07, 6.45) is 3.90. The molecule has 140 valence electrons. The third-order valence-electron chi connectivity index (χ3n) is 4.20. The molecule has 0 aliphatic carbocycles. The second kappa shape index (κ2) is 8.11. The van der Waals surface area contributed by atoms with Crippen molar-refractivity contribution in [2.24, 2.45) is 4.99 Å². The lowest BCUT2D eigenvalue weighted by atomic mass is 10.3. The highest BCUT2D eigenvalue weighted by Gasteiger charge is 2.30. The van der Waals surface area contributed by atoms with Crippen LogP contribution in [0.4, 0.5) is 5.69 Å². The minimum Gasteiger partial charge on any atom is -0.317 e. The second-order valence-electron chi connectivity index (χ2n) is 6.13. The summed E-state index contributed by atoms with van der Waals surface area (Å²) in [5.74, 6) is -0.0529. The molecule has 1 amide bonds. The zero-order chi connectivity index (χ0) is 19.7. The molecule has 4 rings (SSSR count). The molecule has 1 aliphatic heterocycles. The first-order valence-corrected chi connectivity index (χ1v) is 10.9. The summed E-state index contributed by atoms with van der Waals surface area (Å²) in [6.45, 7) is 0. The highest BCUT2D eigenvalue weighted by molar-refractivity contribution is 9.10. The molecule has 2 heterocycles. The molecular weight excluding hydrogens is 502 g/mol. The molecule has 3 aromatic rings. The van der Waals surface area contributed by atoms with Gasteiger partial charge in [0.25, 0.3) is 5.91 Å². The van der Waals surface area contributed by atoms with E-state index in [2.05, 4.69) is 41.4 Å². The van der Waals surface area contributed by atoms with Crippen LogP contribution in [0, 0.1) is 0 Å². The van der Waals surface area contributed by atoms with E-state index in [1.54, 1.807) is 11.9 Å². The van der Waals surface area contributed by atoms with Crippen LogP contribution in [0.15, 0.2) is 85.7 Å². The Morgan fingerprint density at radius 2 is 1.79 bits per heavy atom. The van der Waals surface area contributed by atoms with Gasteiger partial charge >= 0.3 is 0 Å². The lowest BCUT2D eigenvalue weighted by Crippen LogP contribution is -2.23. The van der Waals surface area contributed by atoms with E-state index in [9.17, 15) is 4.79 Å². The maximum absolute atomic E-state index is 12.7. The molecule has 0 radical (unpaired) electrons. The standard InChI is InChI=1S/C21H15Br2N3OS/c1-25-20(27)19(28-21(25)24-16-9-7-14(22)8-10-16)13-18-6-3-11-26(18)17-5-2-4-15(23)12-17/h2-13H,1H3/b19-13-,24-21?. The van der Waals surface area contributed by atoms with Crippen LogP contribution in [0.2, 0.25) is 0 Å². The van der Waals surface area contributed by atoms with Gasteiger partial charge in [-0.15, -0.1) is 0 Å². The van der Waals surface area contributed by atoms with Crippen LogP contribution in [0.1, 0.15) is 5.69 Å². The monoisotopic (exact) mass is 515 g/mol. The Labute approximate surface area is 184 Å². The summed E-state index contributed by atoms with van der Waals surface area (Å²) < 4.78 is 4.05. The molecule has 1 saturated heterocycles. The van der Waals surface area contributed by atoms with Gasteiger partial charge in [-0.3, -0.25) is 9.69 Å². The SMILES string of the molecule is CN1C(=O)/C(=C/c2cccn2-c2cccc(Br)c2)SC1=Nc1ccc(Br)cc1. The van der Waals surface area contributed by atoms with Gasteiger partial charge in [0.1, 0.15) is 0 Å². The third kappa shape index (κ3) is 4.01. The molecular formula is C21H15Br2N3OS. The fourth-order valence-corrected chi connectivity index (χ4v) is 4.41. The highest BCUT2D eigenvalue weighted by Crippen LogP contribution is 2.33. The number of likely N-dealkylation sites (N-methyl/N-ethyl adjacent to an activating group) is 1. The Morgan fingerprint density at radius 3 is 2.54 bits per heavy atom. The van der Waals surface area contributed by atoms with Gasteiger partial charge in [0.05, 0.1) is 10.6 Å². The smallest absolute Gasteiger partial charge is 0.266 e. The van der Waals surface area contributed by atoms with E-state index in [1.165, 1.54) is 11.8 Å². The number of benzene rings is 2. The number of halogens is 2. The maximum Gasteiger partial charge on any atom is 0.266 e. The molecule has 28 heavy (non-hydrogen) atoms. The predicted molar refractivity (Wildman–Crippen MR) is 123 cm³/mol. The fourth-order valence-electron chi connectivity index (χ4n) is 2.78. The number of rotatable bonds is 3. The Morgan fingerprint density at radius 1 is 1.00 bits per heavy atom. The first-order chi connectivity index (χ1) is 13.5. The van der Waals surface area contributed by atoms with Gasteiger partial charge in [-0.2, -0.15) is 0 Å². The average Bonchev–Trinajstić information content (AvgIpc) is 3.24. The third-order valence-corrected chi connectivity index (χ3v) is 6.28. The summed E-state index contributed by atoms with van der Waals surface area (Å²) in [7, 11) is 1.75. The summed E-state index contributed by atoms with van der Waals surface area (Å²) in [6, 6.07) is 19.7. The Balaban J connectivity index is 1.66. The van der Waals surface area contributed by atoms with Gasteiger partial charge in [0, 0.05) is 33.6 Å². The molecule has 0 saturated carbocycles. The lowest BCUT2D eigenvalue weighted by Gasteiger charge is -2.08. The van der Waals surface area contributed by atoms with Gasteiger partial charge in [-0.05, 0) is 72.4 Å². The number of hydrogen-bond donors (Lipinski definition) is 0. The Hall–Kier alpha value is -2.09. The molecule has 1 aromatic heterocycles. The van der Waals surface area contributed by atoms with Crippen LogP contribution in [0.3, 0.4) is 0 Å². The lowest BCUT2D eigenvalue weighted by molar-refractivity contribution is -0.121. The Kier molecular flexibility index (Phi) is 5.57. The van der Waals surface area contributed by atoms with Gasteiger partial charge < -0.3 is 4.57 Å². The summed E-state index contributed by atoms with van der Waals surface area (Å²) in [5.41, 5.74) is 2.77. The number of amides is 1. The summed E-state index contributed by atoms with van der Waals surface area (Å²) in [4.78, 5) is 19.6. The van der Waals surface area contributed by atoms with Crippen molar-refractivity contribution < 1.29 is 4.79 Å².